The van der Waals surface area contributed by atoms with Crippen LogP contribution in [0.3, 0.4) is 0 Å². The molecule has 0 unspecified atom stereocenters. The average molecular weight is 224 g/mol. The van der Waals surface area contributed by atoms with Crippen LogP contribution in [0.4, 0.5) is 0 Å². The number of rotatable bonds is 3. The summed E-state index contributed by atoms with van der Waals surface area (Å²) >= 11 is 0. The molecule has 90 valence electrons. The van der Waals surface area contributed by atoms with Crippen molar-refractivity contribution < 1.29 is 9.53 Å². The lowest BCUT2D eigenvalue weighted by molar-refractivity contribution is -0.160. The monoisotopic (exact) mass is 224 g/mol. The van der Waals surface area contributed by atoms with E-state index in [0.717, 1.165) is 19.4 Å². The minimum absolute atomic E-state index is 0.146. The zero-order valence-corrected chi connectivity index (χ0v) is 10.3. The van der Waals surface area contributed by atoms with Gasteiger partial charge in [-0.05, 0) is 40.2 Å². The lowest BCUT2D eigenvalue weighted by atomic mass is 10.1. The molecule has 1 aliphatic heterocycles. The first-order valence-corrected chi connectivity index (χ1v) is 5.78. The van der Waals surface area contributed by atoms with Gasteiger partial charge in [0.05, 0.1) is 6.07 Å². The van der Waals surface area contributed by atoms with Crippen molar-refractivity contribution >= 4 is 5.97 Å². The molecule has 0 radical (unpaired) electrons. The molecule has 1 aliphatic rings. The summed E-state index contributed by atoms with van der Waals surface area (Å²) in [6.45, 7) is 7.18. The lowest BCUT2D eigenvalue weighted by Crippen LogP contribution is -2.40. The van der Waals surface area contributed by atoms with Crippen LogP contribution in [0, 0.1) is 11.3 Å². The second-order valence-electron chi connectivity index (χ2n) is 5.14. The Labute approximate surface area is 97.2 Å². The van der Waals surface area contributed by atoms with Gasteiger partial charge >= 0.3 is 5.97 Å². The molecule has 0 spiro atoms. The number of nitrogens with zero attached hydrogens (tertiary/aromatic N) is 2. The number of hydrogen-bond acceptors (Lipinski definition) is 4. The van der Waals surface area contributed by atoms with Crippen molar-refractivity contribution in [3.05, 3.63) is 0 Å². The van der Waals surface area contributed by atoms with Crippen molar-refractivity contribution in [1.29, 1.82) is 5.26 Å². The molecule has 0 amide bonds. The van der Waals surface area contributed by atoms with Gasteiger partial charge in [0, 0.05) is 13.0 Å². The van der Waals surface area contributed by atoms with Crippen molar-refractivity contribution in [2.75, 3.05) is 13.1 Å². The topological polar surface area (TPSA) is 53.3 Å². The molecule has 16 heavy (non-hydrogen) atoms. The maximum Gasteiger partial charge on any atom is 0.323 e. The van der Waals surface area contributed by atoms with Crippen LogP contribution in [0.25, 0.3) is 0 Å². The van der Waals surface area contributed by atoms with E-state index in [1.54, 1.807) is 0 Å². The van der Waals surface area contributed by atoms with Crippen LogP contribution in [0.5, 0.6) is 0 Å². The van der Waals surface area contributed by atoms with Gasteiger partial charge < -0.3 is 4.74 Å². The summed E-state index contributed by atoms with van der Waals surface area (Å²) in [5.41, 5.74) is -0.430. The van der Waals surface area contributed by atoms with E-state index < -0.39 is 5.60 Å². The molecule has 0 bridgehead atoms. The van der Waals surface area contributed by atoms with Gasteiger partial charge in [0.15, 0.2) is 0 Å². The first-order chi connectivity index (χ1) is 7.44. The van der Waals surface area contributed by atoms with Gasteiger partial charge in [0.2, 0.25) is 0 Å². The highest BCUT2D eigenvalue weighted by Gasteiger charge is 2.33. The number of nitriles is 1. The standard InChI is InChI=1S/C12H20N2O2/c1-12(2,3)16-11(15)10-6-4-8-14(10)9-5-7-13/h10H,4-6,8-9H2,1-3H3/t10-/m1/s1. The van der Waals surface area contributed by atoms with E-state index in [1.165, 1.54) is 0 Å². The van der Waals surface area contributed by atoms with Crippen LogP contribution in [0.2, 0.25) is 0 Å². The van der Waals surface area contributed by atoms with E-state index in [4.69, 9.17) is 10.00 Å². The molecule has 0 N–H and O–H groups in total. The Balaban J connectivity index is 2.51. The fourth-order valence-corrected chi connectivity index (χ4v) is 1.92. The normalized spacial score (nSPS) is 21.8. The van der Waals surface area contributed by atoms with Crippen LogP contribution in [-0.2, 0) is 9.53 Å². The maximum atomic E-state index is 11.9. The zero-order chi connectivity index (χ0) is 12.2. The van der Waals surface area contributed by atoms with E-state index >= 15 is 0 Å². The number of esters is 1. The van der Waals surface area contributed by atoms with Gasteiger partial charge in [-0.25, -0.2) is 0 Å². The molecular formula is C12H20N2O2. The third-order valence-corrected chi connectivity index (χ3v) is 2.55. The zero-order valence-electron chi connectivity index (χ0n) is 10.3. The van der Waals surface area contributed by atoms with Crippen LogP contribution < -0.4 is 0 Å². The Kier molecular flexibility index (Phi) is 4.31. The van der Waals surface area contributed by atoms with E-state index in [9.17, 15) is 4.79 Å². The van der Waals surface area contributed by atoms with Crippen molar-refractivity contribution in [3.8, 4) is 6.07 Å². The van der Waals surface area contributed by atoms with Crippen molar-refractivity contribution in [3.63, 3.8) is 0 Å². The quantitative estimate of drug-likeness (QED) is 0.685. The van der Waals surface area contributed by atoms with Crippen LogP contribution in [0.1, 0.15) is 40.0 Å². The molecule has 0 aromatic heterocycles. The first-order valence-electron chi connectivity index (χ1n) is 5.78. The van der Waals surface area contributed by atoms with Crippen LogP contribution in [0.15, 0.2) is 0 Å². The second-order valence-corrected chi connectivity index (χ2v) is 5.14. The van der Waals surface area contributed by atoms with E-state index in [0.29, 0.717) is 13.0 Å². The van der Waals surface area contributed by atoms with Gasteiger partial charge in [-0.1, -0.05) is 0 Å². The Morgan fingerprint density at radius 2 is 2.25 bits per heavy atom. The lowest BCUT2D eigenvalue weighted by Gasteiger charge is -2.26. The first kappa shape index (κ1) is 13.0. The molecule has 1 atom stereocenters. The highest BCUT2D eigenvalue weighted by molar-refractivity contribution is 5.76. The molecule has 1 saturated heterocycles. The predicted molar refractivity (Wildman–Crippen MR) is 60.7 cm³/mol. The van der Waals surface area contributed by atoms with Gasteiger partial charge in [-0.3, -0.25) is 9.69 Å². The summed E-state index contributed by atoms with van der Waals surface area (Å²) in [5.74, 6) is -0.150. The Hall–Kier alpha value is -1.08. The van der Waals surface area contributed by atoms with Crippen molar-refractivity contribution in [2.24, 2.45) is 0 Å². The summed E-state index contributed by atoms with van der Waals surface area (Å²) in [6, 6.07) is 1.96. The highest BCUT2D eigenvalue weighted by Crippen LogP contribution is 2.20. The molecule has 4 heteroatoms. The average Bonchev–Trinajstić information content (AvgIpc) is 2.59. The third kappa shape index (κ3) is 3.82. The fourth-order valence-electron chi connectivity index (χ4n) is 1.92. The fraction of sp³-hybridized carbons (Fsp3) is 0.833. The molecule has 0 saturated carbocycles. The summed E-state index contributed by atoms with van der Waals surface area (Å²) in [4.78, 5) is 13.9. The Bertz CT molecular complexity index is 288. The largest absolute Gasteiger partial charge is 0.459 e. The Morgan fingerprint density at radius 3 is 2.81 bits per heavy atom. The summed E-state index contributed by atoms with van der Waals surface area (Å²) < 4.78 is 5.37. The minimum Gasteiger partial charge on any atom is -0.459 e. The number of ether oxygens (including phenoxy) is 1. The Morgan fingerprint density at radius 1 is 1.56 bits per heavy atom. The SMILES string of the molecule is CC(C)(C)OC(=O)[C@H]1CCCN1CCC#N. The van der Waals surface area contributed by atoms with Crippen LogP contribution >= 0.6 is 0 Å². The molecule has 4 nitrogen and oxygen atoms in total. The van der Waals surface area contributed by atoms with E-state index in [2.05, 4.69) is 11.0 Å². The van der Waals surface area contributed by atoms with Crippen LogP contribution in [-0.4, -0.2) is 35.6 Å². The number of likely N-dealkylation sites (tertiary alicyclic amines) is 1. The summed E-state index contributed by atoms with van der Waals surface area (Å²) in [5, 5.41) is 8.55. The highest BCUT2D eigenvalue weighted by atomic mass is 16.6. The minimum atomic E-state index is -0.430. The van der Waals surface area contributed by atoms with Crippen molar-refractivity contribution in [2.45, 2.75) is 51.7 Å². The molecular weight excluding hydrogens is 204 g/mol. The molecule has 1 fully saturated rings. The molecule has 0 aromatic carbocycles. The smallest absolute Gasteiger partial charge is 0.323 e. The predicted octanol–water partition coefficient (Wildman–Crippen LogP) is 1.71. The summed E-state index contributed by atoms with van der Waals surface area (Å²) in [7, 11) is 0. The third-order valence-electron chi connectivity index (χ3n) is 2.55. The van der Waals surface area contributed by atoms with E-state index in [1.807, 2.05) is 20.8 Å². The number of carbonyl (C=O) groups excluding carboxylic acids is 1. The van der Waals surface area contributed by atoms with Gasteiger partial charge in [-0.15, -0.1) is 0 Å². The molecule has 1 rings (SSSR count). The number of carbonyl (C=O) groups is 1. The maximum absolute atomic E-state index is 11.9. The van der Waals surface area contributed by atoms with Gasteiger partial charge in [0.1, 0.15) is 11.6 Å². The van der Waals surface area contributed by atoms with Gasteiger partial charge in [-0.2, -0.15) is 5.26 Å². The molecule has 1 heterocycles. The van der Waals surface area contributed by atoms with E-state index in [-0.39, 0.29) is 12.0 Å². The second kappa shape index (κ2) is 5.31. The molecule has 0 aliphatic carbocycles. The molecule has 0 aromatic rings. The van der Waals surface area contributed by atoms with Crippen molar-refractivity contribution in [1.82, 2.24) is 4.90 Å². The number of hydrogen-bond donors (Lipinski definition) is 0. The van der Waals surface area contributed by atoms with Gasteiger partial charge in [0.25, 0.3) is 0 Å². The summed E-state index contributed by atoms with van der Waals surface area (Å²) in [6.07, 6.45) is 2.33.